The van der Waals surface area contributed by atoms with Crippen LogP contribution in [0.3, 0.4) is 0 Å². The number of hydrogen-bond donors (Lipinski definition) is 1. The van der Waals surface area contributed by atoms with Crippen molar-refractivity contribution in [2.45, 2.75) is 82.7 Å². The van der Waals surface area contributed by atoms with Gasteiger partial charge < -0.3 is 5.32 Å². The summed E-state index contributed by atoms with van der Waals surface area (Å²) in [6.07, 6.45) is 0.595. The Balaban J connectivity index is 2.05. The molecule has 0 saturated heterocycles. The molecule has 0 aliphatic heterocycles. The van der Waals surface area contributed by atoms with Gasteiger partial charge in [0.05, 0.1) is 5.92 Å². The van der Waals surface area contributed by atoms with Gasteiger partial charge in [-0.05, 0) is 39.2 Å². The Morgan fingerprint density at radius 2 is 1.75 bits per heavy atom. The lowest BCUT2D eigenvalue weighted by molar-refractivity contribution is -0.189. The van der Waals surface area contributed by atoms with Gasteiger partial charge in [-0.3, -0.25) is 4.90 Å². The molecule has 0 aromatic rings. The lowest BCUT2D eigenvalue weighted by Gasteiger charge is -2.47. The molecule has 20 heavy (non-hydrogen) atoms. The first-order valence-corrected chi connectivity index (χ1v) is 7.83. The molecule has 2 saturated carbocycles. The van der Waals surface area contributed by atoms with E-state index < -0.39 is 12.1 Å². The number of likely N-dealkylation sites (N-methyl/N-ethyl adjacent to an activating group) is 1. The van der Waals surface area contributed by atoms with Crippen LogP contribution in [0.5, 0.6) is 0 Å². The van der Waals surface area contributed by atoms with Crippen molar-refractivity contribution in [3.05, 3.63) is 0 Å². The summed E-state index contributed by atoms with van der Waals surface area (Å²) >= 11 is 0. The van der Waals surface area contributed by atoms with Crippen molar-refractivity contribution in [3.8, 4) is 0 Å². The summed E-state index contributed by atoms with van der Waals surface area (Å²) < 4.78 is 39.1. The molecule has 118 valence electrons. The van der Waals surface area contributed by atoms with E-state index in [9.17, 15) is 13.2 Å². The topological polar surface area (TPSA) is 15.3 Å². The standard InChI is InChI=1S/C15H27F3N2/c1-10(2)19-13-8-7-11(15(16,17)18)9-14(13)20(3)12-5-4-6-12/h10-14,19H,4-9H2,1-3H3/t11-,13-,14-/m0/s1. The van der Waals surface area contributed by atoms with Crippen LogP contribution in [0.4, 0.5) is 13.2 Å². The number of alkyl halides is 3. The summed E-state index contributed by atoms with van der Waals surface area (Å²) in [5.74, 6) is -1.12. The molecular formula is C15H27F3N2. The number of hydrogen-bond acceptors (Lipinski definition) is 2. The normalized spacial score (nSPS) is 32.7. The fourth-order valence-electron chi connectivity index (χ4n) is 3.58. The molecular weight excluding hydrogens is 265 g/mol. The fourth-order valence-corrected chi connectivity index (χ4v) is 3.58. The highest BCUT2D eigenvalue weighted by Crippen LogP contribution is 2.40. The van der Waals surface area contributed by atoms with E-state index in [0.717, 1.165) is 12.8 Å². The van der Waals surface area contributed by atoms with Gasteiger partial charge in [0.2, 0.25) is 0 Å². The van der Waals surface area contributed by atoms with Crippen LogP contribution in [0, 0.1) is 5.92 Å². The highest BCUT2D eigenvalue weighted by Gasteiger charge is 2.46. The first-order valence-electron chi connectivity index (χ1n) is 7.83. The zero-order chi connectivity index (χ0) is 14.9. The van der Waals surface area contributed by atoms with Crippen molar-refractivity contribution in [1.29, 1.82) is 0 Å². The average molecular weight is 292 g/mol. The maximum absolute atomic E-state index is 13.0. The predicted octanol–water partition coefficient (Wildman–Crippen LogP) is 3.57. The van der Waals surface area contributed by atoms with Gasteiger partial charge in [-0.1, -0.05) is 20.3 Å². The number of rotatable bonds is 4. The van der Waals surface area contributed by atoms with Crippen LogP contribution in [0.1, 0.15) is 52.4 Å². The second kappa shape index (κ2) is 6.22. The third kappa shape index (κ3) is 3.67. The van der Waals surface area contributed by atoms with Crippen molar-refractivity contribution in [3.63, 3.8) is 0 Å². The zero-order valence-corrected chi connectivity index (χ0v) is 12.7. The molecule has 2 rings (SSSR count). The summed E-state index contributed by atoms with van der Waals surface area (Å²) in [7, 11) is 2.02. The molecule has 0 spiro atoms. The minimum absolute atomic E-state index is 0.0167. The molecule has 0 radical (unpaired) electrons. The first kappa shape index (κ1) is 16.1. The Morgan fingerprint density at radius 1 is 1.10 bits per heavy atom. The van der Waals surface area contributed by atoms with Crippen LogP contribution in [-0.4, -0.2) is 42.3 Å². The van der Waals surface area contributed by atoms with Crippen molar-refractivity contribution in [1.82, 2.24) is 10.2 Å². The largest absolute Gasteiger partial charge is 0.391 e. The molecule has 1 N–H and O–H groups in total. The Labute approximate surface area is 120 Å². The minimum Gasteiger partial charge on any atom is -0.310 e. The molecule has 2 fully saturated rings. The molecule has 0 heterocycles. The van der Waals surface area contributed by atoms with E-state index in [1.807, 2.05) is 7.05 Å². The summed E-state index contributed by atoms with van der Waals surface area (Å²) in [6, 6.07) is 1.02. The molecule has 0 amide bonds. The van der Waals surface area contributed by atoms with E-state index in [1.54, 1.807) is 0 Å². The summed E-state index contributed by atoms with van der Waals surface area (Å²) in [6.45, 7) is 4.13. The smallest absolute Gasteiger partial charge is 0.310 e. The fraction of sp³-hybridized carbons (Fsp3) is 1.00. The molecule has 3 atom stereocenters. The molecule has 2 aliphatic rings. The van der Waals surface area contributed by atoms with Crippen LogP contribution in [0.25, 0.3) is 0 Å². The first-order chi connectivity index (χ1) is 9.29. The molecule has 0 aromatic heterocycles. The van der Waals surface area contributed by atoms with Crippen molar-refractivity contribution in [2.24, 2.45) is 5.92 Å². The number of nitrogens with one attached hydrogen (secondary N) is 1. The Bertz CT molecular complexity index is 313. The lowest BCUT2D eigenvalue weighted by atomic mass is 9.79. The van der Waals surface area contributed by atoms with Gasteiger partial charge in [-0.25, -0.2) is 0 Å². The van der Waals surface area contributed by atoms with E-state index in [2.05, 4.69) is 24.1 Å². The summed E-state index contributed by atoms with van der Waals surface area (Å²) in [5, 5.41) is 3.48. The second-order valence-corrected chi connectivity index (χ2v) is 6.80. The Morgan fingerprint density at radius 3 is 2.20 bits per heavy atom. The van der Waals surface area contributed by atoms with Crippen LogP contribution in [-0.2, 0) is 0 Å². The minimum atomic E-state index is -4.04. The third-order valence-corrected chi connectivity index (χ3v) is 5.00. The van der Waals surface area contributed by atoms with Gasteiger partial charge in [0.25, 0.3) is 0 Å². The predicted molar refractivity (Wildman–Crippen MR) is 74.6 cm³/mol. The van der Waals surface area contributed by atoms with Crippen LogP contribution >= 0.6 is 0 Å². The van der Waals surface area contributed by atoms with E-state index in [-0.39, 0.29) is 24.9 Å². The van der Waals surface area contributed by atoms with Gasteiger partial charge in [-0.2, -0.15) is 13.2 Å². The van der Waals surface area contributed by atoms with Gasteiger partial charge in [0.15, 0.2) is 0 Å². The molecule has 2 aliphatic carbocycles. The average Bonchev–Trinajstić information content (AvgIpc) is 2.24. The number of nitrogens with zero attached hydrogens (tertiary/aromatic N) is 1. The van der Waals surface area contributed by atoms with Crippen molar-refractivity contribution < 1.29 is 13.2 Å². The van der Waals surface area contributed by atoms with Crippen LogP contribution in [0.2, 0.25) is 0 Å². The van der Waals surface area contributed by atoms with Crippen molar-refractivity contribution >= 4 is 0 Å². The van der Waals surface area contributed by atoms with E-state index in [0.29, 0.717) is 18.5 Å². The third-order valence-electron chi connectivity index (χ3n) is 5.00. The van der Waals surface area contributed by atoms with E-state index in [1.165, 1.54) is 6.42 Å². The highest BCUT2D eigenvalue weighted by atomic mass is 19.4. The zero-order valence-electron chi connectivity index (χ0n) is 12.7. The second-order valence-electron chi connectivity index (χ2n) is 6.80. The van der Waals surface area contributed by atoms with Crippen LogP contribution < -0.4 is 5.32 Å². The van der Waals surface area contributed by atoms with Gasteiger partial charge >= 0.3 is 6.18 Å². The maximum atomic E-state index is 13.0. The molecule has 0 bridgehead atoms. The quantitative estimate of drug-likeness (QED) is 0.852. The SMILES string of the molecule is CC(C)N[C@H]1CC[C@H](C(F)(F)F)C[C@@H]1N(C)C1CCC1. The van der Waals surface area contributed by atoms with Gasteiger partial charge in [0.1, 0.15) is 0 Å². The van der Waals surface area contributed by atoms with E-state index >= 15 is 0 Å². The molecule has 2 nitrogen and oxygen atoms in total. The maximum Gasteiger partial charge on any atom is 0.391 e. The Kier molecular flexibility index (Phi) is 5.00. The molecule has 0 unspecified atom stereocenters. The van der Waals surface area contributed by atoms with Gasteiger partial charge in [-0.15, -0.1) is 0 Å². The molecule has 5 heteroatoms. The Hall–Kier alpha value is -0.290. The van der Waals surface area contributed by atoms with Gasteiger partial charge in [0, 0.05) is 24.2 Å². The number of halogens is 3. The highest BCUT2D eigenvalue weighted by molar-refractivity contribution is 4.95. The monoisotopic (exact) mass is 292 g/mol. The summed E-state index contributed by atoms with van der Waals surface area (Å²) in [5.41, 5.74) is 0. The van der Waals surface area contributed by atoms with Crippen molar-refractivity contribution in [2.75, 3.05) is 7.05 Å². The molecule has 0 aromatic carbocycles. The van der Waals surface area contributed by atoms with Crippen LogP contribution in [0.15, 0.2) is 0 Å². The summed E-state index contributed by atoms with van der Waals surface area (Å²) in [4.78, 5) is 2.22. The van der Waals surface area contributed by atoms with E-state index in [4.69, 9.17) is 0 Å². The lowest BCUT2D eigenvalue weighted by Crippen LogP contribution is -2.58.